The molecule has 1 atom stereocenters. The Hall–Kier alpha value is -2.22. The first-order valence-corrected chi connectivity index (χ1v) is 12.9. The second-order valence-corrected chi connectivity index (χ2v) is 9.96. The Morgan fingerprint density at radius 2 is 1.53 bits per heavy atom. The van der Waals surface area contributed by atoms with Gasteiger partial charge in [0.1, 0.15) is 0 Å². The number of hydrogen-bond acceptors (Lipinski definition) is 6. The maximum absolute atomic E-state index is 5.91. The lowest BCUT2D eigenvalue weighted by atomic mass is 9.96. The van der Waals surface area contributed by atoms with Gasteiger partial charge in [-0.3, -0.25) is 0 Å². The molecule has 1 saturated heterocycles. The fraction of sp³-hybridized carbons (Fsp3) is 0.536. The molecule has 36 heavy (non-hydrogen) atoms. The third kappa shape index (κ3) is 6.75. The van der Waals surface area contributed by atoms with Crippen LogP contribution in [0.15, 0.2) is 30.3 Å². The molecule has 4 rings (SSSR count). The largest absolute Gasteiger partial charge is 0.493 e. The molecule has 198 valence electrons. The van der Waals surface area contributed by atoms with Crippen LogP contribution in [0.2, 0.25) is 0 Å². The maximum atomic E-state index is 5.91. The predicted molar refractivity (Wildman–Crippen MR) is 151 cm³/mol. The Morgan fingerprint density at radius 1 is 0.861 bits per heavy atom. The van der Waals surface area contributed by atoms with E-state index in [9.17, 15) is 0 Å². The fourth-order valence-electron chi connectivity index (χ4n) is 5.35. The van der Waals surface area contributed by atoms with Crippen LogP contribution in [0.25, 0.3) is 0 Å². The van der Waals surface area contributed by atoms with Crippen molar-refractivity contribution >= 4 is 29.6 Å². The van der Waals surface area contributed by atoms with Crippen LogP contribution in [-0.4, -0.2) is 76.0 Å². The van der Waals surface area contributed by atoms with Gasteiger partial charge in [-0.1, -0.05) is 18.3 Å². The van der Waals surface area contributed by atoms with E-state index in [1.807, 2.05) is 6.07 Å². The van der Waals surface area contributed by atoms with Crippen LogP contribution in [0.3, 0.4) is 0 Å². The highest BCUT2D eigenvalue weighted by molar-refractivity contribution is 7.80. The molecular weight excluding hydrogens is 496 g/mol. The summed E-state index contributed by atoms with van der Waals surface area (Å²) in [6, 6.07) is 10.4. The lowest BCUT2D eigenvalue weighted by molar-refractivity contribution is 0.157. The van der Waals surface area contributed by atoms with Crippen LogP contribution in [0.1, 0.15) is 29.5 Å². The van der Waals surface area contributed by atoms with Crippen molar-refractivity contribution in [3.05, 3.63) is 47.0 Å². The molecule has 0 aromatic heterocycles. The average Bonchev–Trinajstić information content (AvgIpc) is 3.04. The molecule has 2 aliphatic rings. The van der Waals surface area contributed by atoms with E-state index in [4.69, 9.17) is 31.2 Å². The quantitative estimate of drug-likeness (QED) is 0.427. The molecule has 2 heterocycles. The summed E-state index contributed by atoms with van der Waals surface area (Å²) in [7, 11) is 6.74. The predicted octanol–water partition coefficient (Wildman–Crippen LogP) is 4.83. The molecule has 8 heteroatoms. The number of benzene rings is 2. The van der Waals surface area contributed by atoms with Gasteiger partial charge in [-0.05, 0) is 79.1 Å². The van der Waals surface area contributed by atoms with E-state index in [0.29, 0.717) is 5.92 Å². The number of rotatable bonds is 9. The molecule has 0 amide bonds. The molecule has 0 spiro atoms. The van der Waals surface area contributed by atoms with Gasteiger partial charge in [0.15, 0.2) is 23.0 Å². The summed E-state index contributed by atoms with van der Waals surface area (Å²) >= 11 is 5.91. The number of ether oxygens (including phenoxy) is 4. The average molecular weight is 535 g/mol. The number of methoxy groups -OCH3 is 4. The first-order valence-electron chi connectivity index (χ1n) is 12.5. The van der Waals surface area contributed by atoms with Gasteiger partial charge in [0, 0.05) is 32.6 Å². The van der Waals surface area contributed by atoms with E-state index in [1.165, 1.54) is 36.1 Å². The van der Waals surface area contributed by atoms with Crippen LogP contribution >= 0.6 is 24.6 Å². The van der Waals surface area contributed by atoms with Crippen molar-refractivity contribution in [1.29, 1.82) is 0 Å². The summed E-state index contributed by atoms with van der Waals surface area (Å²) in [5.41, 5.74) is 3.85. The van der Waals surface area contributed by atoms with E-state index in [-0.39, 0.29) is 12.4 Å². The topological polar surface area (TPSA) is 43.4 Å². The third-order valence-corrected chi connectivity index (χ3v) is 7.70. The van der Waals surface area contributed by atoms with Gasteiger partial charge in [0.25, 0.3) is 0 Å². The van der Waals surface area contributed by atoms with E-state index in [2.05, 4.69) is 34.1 Å². The zero-order valence-electron chi connectivity index (χ0n) is 21.9. The number of nitrogens with zero attached hydrogens (tertiary/aromatic N) is 2. The van der Waals surface area contributed by atoms with Crippen molar-refractivity contribution < 1.29 is 18.9 Å². The van der Waals surface area contributed by atoms with E-state index in [0.717, 1.165) is 73.4 Å². The highest BCUT2D eigenvalue weighted by Crippen LogP contribution is 2.33. The minimum Gasteiger partial charge on any atom is -0.493 e. The molecule has 2 aliphatic heterocycles. The SMILES string of the molecule is COc1ccc(CCN2CCCC(CN3CCc4cc(OC)c(OC)cc4CC3=S)C2)cc1OC.Cl. The van der Waals surface area contributed by atoms with E-state index < -0.39 is 0 Å². The second kappa shape index (κ2) is 13.4. The molecule has 0 radical (unpaired) electrons. The van der Waals surface area contributed by atoms with Gasteiger partial charge in [-0.25, -0.2) is 0 Å². The lowest BCUT2D eigenvalue weighted by Gasteiger charge is -2.36. The Balaban J connectivity index is 0.00000361. The lowest BCUT2D eigenvalue weighted by Crippen LogP contribution is -2.43. The molecule has 0 N–H and O–H groups in total. The summed E-state index contributed by atoms with van der Waals surface area (Å²) in [6.45, 7) is 5.35. The van der Waals surface area contributed by atoms with Crippen LogP contribution in [0, 0.1) is 5.92 Å². The van der Waals surface area contributed by atoms with Crippen LogP contribution in [0.5, 0.6) is 23.0 Å². The molecular formula is C28H39ClN2O4S. The Kier molecular flexibility index (Phi) is 10.5. The van der Waals surface area contributed by atoms with E-state index in [1.54, 1.807) is 28.4 Å². The summed E-state index contributed by atoms with van der Waals surface area (Å²) in [4.78, 5) is 6.09. The third-order valence-electron chi connectivity index (χ3n) is 7.30. The minimum absolute atomic E-state index is 0. The molecule has 0 saturated carbocycles. The minimum atomic E-state index is 0. The van der Waals surface area contributed by atoms with Gasteiger partial charge >= 0.3 is 0 Å². The van der Waals surface area contributed by atoms with Gasteiger partial charge in [0.2, 0.25) is 0 Å². The van der Waals surface area contributed by atoms with Crippen molar-refractivity contribution in [2.45, 2.75) is 32.1 Å². The molecule has 2 aromatic carbocycles. The number of hydrogen-bond donors (Lipinski definition) is 0. The van der Waals surface area contributed by atoms with Crippen molar-refractivity contribution in [3.8, 4) is 23.0 Å². The highest BCUT2D eigenvalue weighted by atomic mass is 35.5. The number of piperidine rings is 1. The fourth-order valence-corrected chi connectivity index (χ4v) is 5.67. The van der Waals surface area contributed by atoms with Crippen molar-refractivity contribution in [2.24, 2.45) is 5.92 Å². The summed E-state index contributed by atoms with van der Waals surface area (Å²) < 4.78 is 21.9. The smallest absolute Gasteiger partial charge is 0.161 e. The molecule has 2 aromatic rings. The number of likely N-dealkylation sites (tertiary alicyclic amines) is 1. The molecule has 0 bridgehead atoms. The van der Waals surface area contributed by atoms with Crippen molar-refractivity contribution in [3.63, 3.8) is 0 Å². The van der Waals surface area contributed by atoms with Crippen LogP contribution in [-0.2, 0) is 19.3 Å². The second-order valence-electron chi connectivity index (χ2n) is 9.49. The van der Waals surface area contributed by atoms with Gasteiger partial charge in [-0.2, -0.15) is 0 Å². The number of thiocarbonyl (C=S) groups is 1. The van der Waals surface area contributed by atoms with Crippen LogP contribution in [0.4, 0.5) is 0 Å². The van der Waals surface area contributed by atoms with Crippen LogP contribution < -0.4 is 18.9 Å². The Bertz CT molecular complexity index is 1030. The number of halogens is 1. The van der Waals surface area contributed by atoms with Crippen molar-refractivity contribution in [2.75, 3.05) is 61.2 Å². The summed E-state index contributed by atoms with van der Waals surface area (Å²) in [6.07, 6.45) is 5.28. The van der Waals surface area contributed by atoms with Crippen molar-refractivity contribution in [1.82, 2.24) is 9.80 Å². The molecule has 6 nitrogen and oxygen atoms in total. The van der Waals surface area contributed by atoms with Gasteiger partial charge in [0.05, 0.1) is 33.4 Å². The number of fused-ring (bicyclic) bond motifs is 1. The first kappa shape index (κ1) is 28.4. The highest BCUT2D eigenvalue weighted by Gasteiger charge is 2.26. The molecule has 0 aliphatic carbocycles. The summed E-state index contributed by atoms with van der Waals surface area (Å²) in [5.74, 6) is 3.79. The normalized spacial score (nSPS) is 18.1. The Labute approximate surface area is 227 Å². The Morgan fingerprint density at radius 3 is 2.22 bits per heavy atom. The van der Waals surface area contributed by atoms with Gasteiger partial charge in [-0.15, -0.1) is 12.4 Å². The zero-order chi connectivity index (χ0) is 24.8. The molecule has 1 fully saturated rings. The maximum Gasteiger partial charge on any atom is 0.161 e. The standard InChI is InChI=1S/C28H38N2O4S.ClH/c1-31-24-8-7-20(14-25(24)32-2)9-12-29-11-5-6-21(18-29)19-30-13-10-22-15-26(33-3)27(34-4)16-23(22)17-28(30)35;/h7-8,14-16,21H,5-6,9-13,17-19H2,1-4H3;1H. The first-order chi connectivity index (χ1) is 17.0. The monoisotopic (exact) mass is 534 g/mol. The van der Waals surface area contributed by atoms with E-state index >= 15 is 0 Å². The zero-order valence-corrected chi connectivity index (χ0v) is 23.5. The van der Waals surface area contributed by atoms with Gasteiger partial charge < -0.3 is 28.7 Å². The summed E-state index contributed by atoms with van der Waals surface area (Å²) in [5, 5.41) is 0. The molecule has 1 unspecified atom stereocenters.